The highest BCUT2D eigenvalue weighted by Crippen LogP contribution is 2.05. The van der Waals surface area contributed by atoms with Crippen LogP contribution in [0.15, 0.2) is 0 Å². The lowest BCUT2D eigenvalue weighted by molar-refractivity contribution is -0.150. The number of hydrogen-bond acceptors (Lipinski definition) is 4. The Morgan fingerprint density at radius 3 is 2.40 bits per heavy atom. The minimum absolute atomic E-state index is 0.0454. The molecule has 0 aromatic heterocycles. The number of amides is 2. The van der Waals surface area contributed by atoms with Crippen molar-refractivity contribution in [2.24, 2.45) is 5.73 Å². The molecule has 0 saturated carbocycles. The zero-order chi connectivity index (χ0) is 11.4. The van der Waals surface area contributed by atoms with Crippen LogP contribution in [-0.4, -0.2) is 65.5 Å². The molecule has 6 heteroatoms. The molecule has 0 aliphatic carbocycles. The average Bonchev–Trinajstić information content (AvgIpc) is 2.22. The molecule has 1 fully saturated rings. The lowest BCUT2D eigenvalue weighted by Gasteiger charge is -2.34. The molecule has 1 atom stereocenters. The minimum Gasteiger partial charge on any atom is -0.390 e. The maximum atomic E-state index is 11.5. The van der Waals surface area contributed by atoms with Crippen molar-refractivity contribution in [3.8, 4) is 0 Å². The highest BCUT2D eigenvalue weighted by atomic mass is 16.3. The number of carbonyl (C=O) groups is 2. The second kappa shape index (κ2) is 5.09. The molecule has 2 amide bonds. The van der Waals surface area contributed by atoms with Gasteiger partial charge in [0.25, 0.3) is 0 Å². The van der Waals surface area contributed by atoms with E-state index in [1.54, 1.807) is 0 Å². The van der Waals surface area contributed by atoms with E-state index in [2.05, 4.69) is 0 Å². The Morgan fingerprint density at radius 2 is 1.87 bits per heavy atom. The fourth-order valence-corrected chi connectivity index (χ4v) is 1.49. The molecular weight excluding hydrogens is 198 g/mol. The van der Waals surface area contributed by atoms with E-state index in [4.69, 9.17) is 5.73 Å². The number of β-amino-alcohol motifs (C(OH)–C–C–N with tert-alkyl or cyclic N) is 1. The largest absolute Gasteiger partial charge is 0.390 e. The molecule has 15 heavy (non-hydrogen) atoms. The third-order valence-electron chi connectivity index (χ3n) is 2.44. The SMILES string of the molecule is CCN1CC(=O)N(CC(O)CN)CC1=O. The maximum Gasteiger partial charge on any atom is 0.242 e. The first kappa shape index (κ1) is 11.9. The van der Waals surface area contributed by atoms with E-state index in [0.717, 1.165) is 0 Å². The normalized spacial score (nSPS) is 19.7. The van der Waals surface area contributed by atoms with Crippen LogP contribution >= 0.6 is 0 Å². The summed E-state index contributed by atoms with van der Waals surface area (Å²) in [4.78, 5) is 25.9. The van der Waals surface area contributed by atoms with E-state index in [9.17, 15) is 14.7 Å². The molecule has 1 heterocycles. The molecule has 1 aliphatic rings. The van der Waals surface area contributed by atoms with Gasteiger partial charge in [-0.2, -0.15) is 0 Å². The molecule has 1 aliphatic heterocycles. The van der Waals surface area contributed by atoms with Crippen LogP contribution < -0.4 is 5.73 Å². The third kappa shape index (κ3) is 2.90. The molecule has 1 unspecified atom stereocenters. The van der Waals surface area contributed by atoms with Gasteiger partial charge in [-0.3, -0.25) is 9.59 Å². The van der Waals surface area contributed by atoms with Crippen molar-refractivity contribution in [3.05, 3.63) is 0 Å². The fourth-order valence-electron chi connectivity index (χ4n) is 1.49. The topological polar surface area (TPSA) is 86.9 Å². The summed E-state index contributed by atoms with van der Waals surface area (Å²) in [6, 6.07) is 0. The molecule has 0 bridgehead atoms. The van der Waals surface area contributed by atoms with Crippen LogP contribution in [0.25, 0.3) is 0 Å². The van der Waals surface area contributed by atoms with Gasteiger partial charge in [0.2, 0.25) is 11.8 Å². The highest BCUT2D eigenvalue weighted by Gasteiger charge is 2.29. The quantitative estimate of drug-likeness (QED) is 0.567. The predicted molar refractivity (Wildman–Crippen MR) is 53.9 cm³/mol. The van der Waals surface area contributed by atoms with Crippen molar-refractivity contribution in [2.45, 2.75) is 13.0 Å². The lowest BCUT2D eigenvalue weighted by atomic mass is 10.2. The van der Waals surface area contributed by atoms with Crippen LogP contribution in [0, 0.1) is 0 Å². The van der Waals surface area contributed by atoms with Crippen LogP contribution in [0.4, 0.5) is 0 Å². The van der Waals surface area contributed by atoms with E-state index in [-0.39, 0.29) is 38.0 Å². The standard InChI is InChI=1S/C9H17N3O3/c1-2-11-5-9(15)12(6-8(11)14)4-7(13)3-10/h7,13H,2-6,10H2,1H3. The van der Waals surface area contributed by atoms with Gasteiger partial charge in [-0.05, 0) is 6.92 Å². The molecule has 3 N–H and O–H groups in total. The Hall–Kier alpha value is -1.14. The van der Waals surface area contributed by atoms with Gasteiger partial charge in [-0.25, -0.2) is 0 Å². The van der Waals surface area contributed by atoms with E-state index < -0.39 is 6.10 Å². The van der Waals surface area contributed by atoms with Gasteiger partial charge in [0.15, 0.2) is 0 Å². The van der Waals surface area contributed by atoms with Crippen molar-refractivity contribution < 1.29 is 14.7 Å². The number of carbonyl (C=O) groups excluding carboxylic acids is 2. The Labute approximate surface area is 88.6 Å². The van der Waals surface area contributed by atoms with Gasteiger partial charge >= 0.3 is 0 Å². The number of aliphatic hydroxyl groups is 1. The number of hydrogen-bond donors (Lipinski definition) is 2. The van der Waals surface area contributed by atoms with Gasteiger partial charge < -0.3 is 20.6 Å². The second-order valence-corrected chi connectivity index (χ2v) is 3.57. The summed E-state index contributed by atoms with van der Waals surface area (Å²) in [5.74, 6) is -0.217. The van der Waals surface area contributed by atoms with Crippen molar-refractivity contribution in [1.29, 1.82) is 0 Å². The summed E-state index contributed by atoms with van der Waals surface area (Å²) in [6.45, 7) is 2.75. The first-order valence-electron chi connectivity index (χ1n) is 5.02. The lowest BCUT2D eigenvalue weighted by Crippen LogP contribution is -2.55. The van der Waals surface area contributed by atoms with Crippen molar-refractivity contribution in [2.75, 3.05) is 32.7 Å². The first-order valence-corrected chi connectivity index (χ1v) is 5.02. The van der Waals surface area contributed by atoms with Gasteiger partial charge in [0.05, 0.1) is 19.2 Å². The number of nitrogens with two attached hydrogens (primary N) is 1. The van der Waals surface area contributed by atoms with Crippen LogP contribution in [0.5, 0.6) is 0 Å². The summed E-state index contributed by atoms with van der Waals surface area (Å²) < 4.78 is 0. The molecular formula is C9H17N3O3. The molecule has 1 saturated heterocycles. The summed E-state index contributed by atoms with van der Waals surface area (Å²) in [5.41, 5.74) is 5.24. The summed E-state index contributed by atoms with van der Waals surface area (Å²) >= 11 is 0. The Kier molecular flexibility index (Phi) is 4.05. The molecule has 1 rings (SSSR count). The smallest absolute Gasteiger partial charge is 0.242 e. The monoisotopic (exact) mass is 215 g/mol. The summed E-state index contributed by atoms with van der Waals surface area (Å²) in [5, 5.41) is 9.29. The number of piperazine rings is 1. The number of likely N-dealkylation sites (N-methyl/N-ethyl adjacent to an activating group) is 1. The molecule has 86 valence electrons. The fraction of sp³-hybridized carbons (Fsp3) is 0.778. The van der Waals surface area contributed by atoms with E-state index in [1.807, 2.05) is 6.92 Å². The number of rotatable bonds is 4. The van der Waals surface area contributed by atoms with Crippen molar-refractivity contribution in [3.63, 3.8) is 0 Å². The average molecular weight is 215 g/mol. The molecule has 6 nitrogen and oxygen atoms in total. The summed E-state index contributed by atoms with van der Waals surface area (Å²) in [6.07, 6.45) is -0.755. The first-order chi connectivity index (χ1) is 7.08. The number of aliphatic hydroxyl groups excluding tert-OH is 1. The minimum atomic E-state index is -0.755. The van der Waals surface area contributed by atoms with Crippen molar-refractivity contribution in [1.82, 2.24) is 9.80 Å². The van der Waals surface area contributed by atoms with Crippen LogP contribution in [0.1, 0.15) is 6.92 Å². The van der Waals surface area contributed by atoms with Gasteiger partial charge in [-0.1, -0.05) is 0 Å². The second-order valence-electron chi connectivity index (χ2n) is 3.57. The third-order valence-corrected chi connectivity index (χ3v) is 2.44. The van der Waals surface area contributed by atoms with E-state index >= 15 is 0 Å². The van der Waals surface area contributed by atoms with Crippen LogP contribution in [0.3, 0.4) is 0 Å². The Balaban J connectivity index is 2.55. The zero-order valence-electron chi connectivity index (χ0n) is 8.85. The van der Waals surface area contributed by atoms with Gasteiger partial charge in [-0.15, -0.1) is 0 Å². The molecule has 0 spiro atoms. The predicted octanol–water partition coefficient (Wildman–Crippen LogP) is -2.00. The molecule has 0 aromatic rings. The molecule has 0 radical (unpaired) electrons. The maximum absolute atomic E-state index is 11.5. The van der Waals surface area contributed by atoms with Gasteiger partial charge in [0.1, 0.15) is 0 Å². The molecule has 0 aromatic carbocycles. The Bertz CT molecular complexity index is 257. The van der Waals surface area contributed by atoms with Crippen LogP contribution in [-0.2, 0) is 9.59 Å². The van der Waals surface area contributed by atoms with Gasteiger partial charge in [0, 0.05) is 19.6 Å². The summed E-state index contributed by atoms with van der Waals surface area (Å²) in [7, 11) is 0. The van der Waals surface area contributed by atoms with Crippen molar-refractivity contribution >= 4 is 11.8 Å². The van der Waals surface area contributed by atoms with E-state index in [0.29, 0.717) is 6.54 Å². The highest BCUT2D eigenvalue weighted by molar-refractivity contribution is 5.92. The zero-order valence-corrected chi connectivity index (χ0v) is 8.85. The Morgan fingerprint density at radius 1 is 1.33 bits per heavy atom. The number of nitrogens with zero attached hydrogens (tertiary/aromatic N) is 2. The van der Waals surface area contributed by atoms with Crippen LogP contribution in [0.2, 0.25) is 0 Å². The van der Waals surface area contributed by atoms with E-state index in [1.165, 1.54) is 9.80 Å².